The van der Waals surface area contributed by atoms with Crippen molar-refractivity contribution < 1.29 is 9.72 Å². The predicted octanol–water partition coefficient (Wildman–Crippen LogP) is 4.63. The molecule has 0 aromatic heterocycles. The van der Waals surface area contributed by atoms with Crippen LogP contribution >= 0.6 is 0 Å². The van der Waals surface area contributed by atoms with E-state index in [2.05, 4.69) is 6.92 Å². The molecule has 0 aliphatic heterocycles. The van der Waals surface area contributed by atoms with Crippen LogP contribution in [-0.4, -0.2) is 11.2 Å². The fraction of sp³-hybridized carbons (Fsp3) is 0.588. The van der Waals surface area contributed by atoms with Gasteiger partial charge in [-0.1, -0.05) is 51.2 Å². The van der Waals surface area contributed by atoms with Crippen molar-refractivity contribution in [1.29, 1.82) is 0 Å². The Morgan fingerprint density at radius 2 is 1.81 bits per heavy atom. The molecule has 0 aliphatic carbocycles. The summed E-state index contributed by atoms with van der Waals surface area (Å²) in [5.41, 5.74) is 1.87. The zero-order valence-electron chi connectivity index (χ0n) is 12.8. The largest absolute Gasteiger partial charge is 0.303 e. The topological polar surface area (TPSA) is 60.2 Å². The molecule has 0 aliphatic rings. The molecule has 0 unspecified atom stereocenters. The van der Waals surface area contributed by atoms with Crippen LogP contribution in [0.3, 0.4) is 0 Å². The molecule has 116 valence electrons. The van der Waals surface area contributed by atoms with Gasteiger partial charge in [-0.15, -0.1) is 0 Å². The molecule has 0 radical (unpaired) electrons. The van der Waals surface area contributed by atoms with Crippen LogP contribution in [0, 0.1) is 10.1 Å². The first kappa shape index (κ1) is 17.3. The van der Waals surface area contributed by atoms with Crippen molar-refractivity contribution in [1.82, 2.24) is 0 Å². The predicted molar refractivity (Wildman–Crippen MR) is 84.6 cm³/mol. The summed E-state index contributed by atoms with van der Waals surface area (Å²) in [6.07, 6.45) is 9.67. The van der Waals surface area contributed by atoms with Crippen LogP contribution in [0.15, 0.2) is 18.2 Å². The van der Waals surface area contributed by atoms with Crippen molar-refractivity contribution in [2.24, 2.45) is 0 Å². The molecular weight excluding hydrogens is 266 g/mol. The second-order valence-corrected chi connectivity index (χ2v) is 5.44. The first-order valence-corrected chi connectivity index (χ1v) is 7.88. The molecule has 0 N–H and O–H groups in total. The van der Waals surface area contributed by atoms with Gasteiger partial charge in [-0.3, -0.25) is 10.1 Å². The van der Waals surface area contributed by atoms with Crippen molar-refractivity contribution in [3.63, 3.8) is 0 Å². The van der Waals surface area contributed by atoms with Crippen LogP contribution in [-0.2, 0) is 17.6 Å². The highest BCUT2D eigenvalue weighted by molar-refractivity contribution is 5.51. The summed E-state index contributed by atoms with van der Waals surface area (Å²) in [6.45, 7) is 2.19. The third-order valence-corrected chi connectivity index (χ3v) is 3.70. The molecule has 0 amide bonds. The van der Waals surface area contributed by atoms with Gasteiger partial charge in [-0.25, -0.2) is 0 Å². The summed E-state index contributed by atoms with van der Waals surface area (Å²) in [5.74, 6) is 0. The molecule has 4 nitrogen and oxygen atoms in total. The summed E-state index contributed by atoms with van der Waals surface area (Å²) in [7, 11) is 0. The Kier molecular flexibility index (Phi) is 8.32. The van der Waals surface area contributed by atoms with Gasteiger partial charge in [-0.2, -0.15) is 0 Å². The molecule has 4 heteroatoms. The molecule has 0 saturated carbocycles. The smallest absolute Gasteiger partial charge is 0.272 e. The Hall–Kier alpha value is -1.71. The van der Waals surface area contributed by atoms with E-state index in [1.54, 1.807) is 6.07 Å². The fourth-order valence-corrected chi connectivity index (χ4v) is 2.47. The molecule has 1 aromatic rings. The van der Waals surface area contributed by atoms with Crippen molar-refractivity contribution in [2.75, 3.05) is 0 Å². The van der Waals surface area contributed by atoms with E-state index in [-0.39, 0.29) is 10.6 Å². The number of nitro groups is 1. The van der Waals surface area contributed by atoms with E-state index in [4.69, 9.17) is 0 Å². The van der Waals surface area contributed by atoms with E-state index in [0.717, 1.165) is 36.7 Å². The number of rotatable bonds is 11. The average molecular weight is 291 g/mol. The van der Waals surface area contributed by atoms with E-state index in [1.807, 2.05) is 12.1 Å². The summed E-state index contributed by atoms with van der Waals surface area (Å²) in [4.78, 5) is 21.2. The maximum absolute atomic E-state index is 11.2. The number of hydrogen-bond acceptors (Lipinski definition) is 3. The van der Waals surface area contributed by atoms with E-state index in [1.165, 1.54) is 25.7 Å². The third-order valence-electron chi connectivity index (χ3n) is 3.70. The van der Waals surface area contributed by atoms with Crippen molar-refractivity contribution >= 4 is 12.0 Å². The Morgan fingerprint density at radius 3 is 2.48 bits per heavy atom. The lowest BCUT2D eigenvalue weighted by atomic mass is 10.0. The molecule has 0 fully saturated rings. The van der Waals surface area contributed by atoms with Gasteiger partial charge in [-0.05, 0) is 24.8 Å². The molecule has 0 heterocycles. The highest BCUT2D eigenvalue weighted by Gasteiger charge is 2.14. The number of nitrogens with zero attached hydrogens (tertiary/aromatic N) is 1. The van der Waals surface area contributed by atoms with Crippen LogP contribution in [0.1, 0.15) is 63.0 Å². The zero-order chi connectivity index (χ0) is 15.5. The number of carbonyl (C=O) groups is 1. The van der Waals surface area contributed by atoms with Crippen LogP contribution < -0.4 is 0 Å². The highest BCUT2D eigenvalue weighted by atomic mass is 16.6. The first-order valence-electron chi connectivity index (χ1n) is 7.88. The van der Waals surface area contributed by atoms with Crippen LogP contribution in [0.5, 0.6) is 0 Å². The quantitative estimate of drug-likeness (QED) is 0.258. The summed E-state index contributed by atoms with van der Waals surface area (Å²) in [6, 6.07) is 5.38. The van der Waals surface area contributed by atoms with Crippen molar-refractivity contribution in [3.05, 3.63) is 39.4 Å². The Balaban J connectivity index is 2.56. The summed E-state index contributed by atoms with van der Waals surface area (Å²) < 4.78 is 0. The summed E-state index contributed by atoms with van der Waals surface area (Å²) in [5, 5.41) is 11.2. The van der Waals surface area contributed by atoms with Crippen molar-refractivity contribution in [3.8, 4) is 0 Å². The summed E-state index contributed by atoms with van der Waals surface area (Å²) >= 11 is 0. The third kappa shape index (κ3) is 6.52. The van der Waals surface area contributed by atoms with E-state index >= 15 is 0 Å². The molecule has 0 atom stereocenters. The number of nitro benzene ring substituents is 1. The van der Waals surface area contributed by atoms with Gasteiger partial charge in [0, 0.05) is 18.1 Å². The first-order chi connectivity index (χ1) is 10.2. The van der Waals surface area contributed by atoms with Gasteiger partial charge in [0.15, 0.2) is 0 Å². The molecule has 1 aromatic carbocycles. The maximum atomic E-state index is 11.2. The van der Waals surface area contributed by atoms with E-state index < -0.39 is 0 Å². The van der Waals surface area contributed by atoms with Gasteiger partial charge in [0.25, 0.3) is 5.69 Å². The Morgan fingerprint density at radius 1 is 1.10 bits per heavy atom. The molecule has 0 spiro atoms. The molecule has 21 heavy (non-hydrogen) atoms. The molecule has 0 saturated heterocycles. The van der Waals surface area contributed by atoms with E-state index in [9.17, 15) is 14.9 Å². The van der Waals surface area contributed by atoms with Crippen LogP contribution in [0.4, 0.5) is 5.69 Å². The van der Waals surface area contributed by atoms with E-state index in [0.29, 0.717) is 12.8 Å². The highest BCUT2D eigenvalue weighted by Crippen LogP contribution is 2.23. The average Bonchev–Trinajstić information content (AvgIpc) is 2.49. The van der Waals surface area contributed by atoms with Crippen LogP contribution in [0.25, 0.3) is 0 Å². The van der Waals surface area contributed by atoms with Gasteiger partial charge in [0.05, 0.1) is 4.92 Å². The minimum absolute atomic E-state index is 0.201. The second kappa shape index (κ2) is 10.1. The van der Waals surface area contributed by atoms with Gasteiger partial charge < -0.3 is 4.79 Å². The minimum atomic E-state index is -0.309. The number of aldehydes is 1. The van der Waals surface area contributed by atoms with Crippen LogP contribution in [0.2, 0.25) is 0 Å². The van der Waals surface area contributed by atoms with Gasteiger partial charge >= 0.3 is 0 Å². The number of carbonyl (C=O) groups excluding carboxylic acids is 1. The molecular formula is C17H25NO3. The molecule has 1 rings (SSSR count). The monoisotopic (exact) mass is 291 g/mol. The Labute approximate surface area is 126 Å². The normalized spacial score (nSPS) is 10.5. The lowest BCUT2D eigenvalue weighted by Crippen LogP contribution is -1.98. The fourth-order valence-electron chi connectivity index (χ4n) is 2.47. The molecule has 0 bridgehead atoms. The Bertz CT molecular complexity index is 457. The second-order valence-electron chi connectivity index (χ2n) is 5.44. The lowest BCUT2D eigenvalue weighted by molar-refractivity contribution is -0.385. The lowest BCUT2D eigenvalue weighted by Gasteiger charge is -2.06. The number of unbranched alkanes of at least 4 members (excludes halogenated alkanes) is 5. The minimum Gasteiger partial charge on any atom is -0.303 e. The van der Waals surface area contributed by atoms with Crippen molar-refractivity contribution in [2.45, 2.75) is 64.7 Å². The maximum Gasteiger partial charge on any atom is 0.272 e. The number of aryl methyl sites for hydroxylation is 2. The van der Waals surface area contributed by atoms with Gasteiger partial charge in [0.2, 0.25) is 0 Å². The van der Waals surface area contributed by atoms with Gasteiger partial charge in [0.1, 0.15) is 6.29 Å². The zero-order valence-corrected chi connectivity index (χ0v) is 12.8. The SMILES string of the molecule is CCCCCCCCc1ccc(CCC=O)cc1[N+](=O)[O-]. The number of hydrogen-bond donors (Lipinski definition) is 0. The number of benzene rings is 1. The standard InChI is InChI=1S/C17H25NO3/c1-2-3-4-5-6-7-10-16-12-11-15(9-8-13-19)14-17(16)18(20)21/h11-14H,2-10H2,1H3.